The molecule has 0 N–H and O–H groups in total. The first kappa shape index (κ1) is 18.5. The van der Waals surface area contributed by atoms with Gasteiger partial charge in [0.25, 0.3) is 0 Å². The van der Waals surface area contributed by atoms with E-state index in [0.717, 1.165) is 33.6 Å². The minimum Gasteiger partial charge on any atom is -0.311 e. The summed E-state index contributed by atoms with van der Waals surface area (Å²) in [5, 5.41) is 5.49. The normalized spacial score (nSPS) is 11.2. The van der Waals surface area contributed by atoms with Crippen LogP contribution in [0.1, 0.15) is 24.5 Å². The quantitative estimate of drug-likeness (QED) is 0.623. The summed E-state index contributed by atoms with van der Waals surface area (Å²) in [6.45, 7) is 5.84. The van der Waals surface area contributed by atoms with Crippen LogP contribution in [0.5, 0.6) is 0 Å². The smallest absolute Gasteiger partial charge is 0.241 e. The number of fused-ring (bicyclic) bond motifs is 1. The highest BCUT2D eigenvalue weighted by Gasteiger charge is 2.18. The number of anilines is 1. The number of hydrogen-bond donors (Lipinski definition) is 0. The van der Waals surface area contributed by atoms with Crippen molar-refractivity contribution >= 4 is 33.7 Å². The van der Waals surface area contributed by atoms with Crippen LogP contribution in [0.2, 0.25) is 0 Å². The van der Waals surface area contributed by atoms with Crippen molar-refractivity contribution in [2.45, 2.75) is 26.8 Å². The predicted molar refractivity (Wildman–Crippen MR) is 110 cm³/mol. The summed E-state index contributed by atoms with van der Waals surface area (Å²) in [6.07, 6.45) is 0.956. The molecule has 0 aliphatic carbocycles. The van der Waals surface area contributed by atoms with Gasteiger partial charge in [-0.1, -0.05) is 43.3 Å². The van der Waals surface area contributed by atoms with E-state index in [0.29, 0.717) is 19.6 Å². The predicted octanol–water partition coefficient (Wildman–Crippen LogP) is 4.34. The number of aromatic nitrogens is 1. The molecule has 0 spiro atoms. The topological polar surface area (TPSA) is 36.4 Å². The third-order valence-electron chi connectivity index (χ3n) is 4.41. The standard InChI is InChI=1S/C21H25N3OS/c1-4-20-22-17(15-26-20)13-23(3)14-21(25)24(5-2)19-12-8-10-16-9-6-7-11-18(16)19/h6-12,15H,4-5,13-14H2,1-3H3. The van der Waals surface area contributed by atoms with E-state index in [2.05, 4.69) is 35.5 Å². The van der Waals surface area contributed by atoms with Crippen LogP contribution in [-0.2, 0) is 17.8 Å². The average Bonchev–Trinajstić information content (AvgIpc) is 3.10. The maximum atomic E-state index is 12.9. The van der Waals surface area contributed by atoms with Crippen molar-refractivity contribution in [3.05, 3.63) is 58.5 Å². The van der Waals surface area contributed by atoms with Gasteiger partial charge in [-0.2, -0.15) is 0 Å². The summed E-state index contributed by atoms with van der Waals surface area (Å²) in [5.41, 5.74) is 2.02. The third kappa shape index (κ3) is 4.11. The fourth-order valence-electron chi connectivity index (χ4n) is 3.16. The second-order valence-electron chi connectivity index (χ2n) is 6.39. The van der Waals surface area contributed by atoms with E-state index in [1.165, 1.54) is 0 Å². The van der Waals surface area contributed by atoms with E-state index in [1.807, 2.05) is 48.0 Å². The van der Waals surface area contributed by atoms with Gasteiger partial charge in [0.05, 0.1) is 22.9 Å². The molecule has 1 amide bonds. The van der Waals surface area contributed by atoms with Gasteiger partial charge in [0, 0.05) is 23.9 Å². The van der Waals surface area contributed by atoms with Crippen molar-refractivity contribution in [3.8, 4) is 0 Å². The van der Waals surface area contributed by atoms with Gasteiger partial charge in [-0.3, -0.25) is 9.69 Å². The van der Waals surface area contributed by atoms with Crippen molar-refractivity contribution in [1.82, 2.24) is 9.88 Å². The SMILES string of the molecule is CCc1nc(CN(C)CC(=O)N(CC)c2cccc3ccccc23)cs1. The molecule has 0 atom stereocenters. The molecule has 0 fully saturated rings. The lowest BCUT2D eigenvalue weighted by molar-refractivity contribution is -0.119. The van der Waals surface area contributed by atoms with Crippen LogP contribution >= 0.6 is 11.3 Å². The minimum atomic E-state index is 0.109. The van der Waals surface area contributed by atoms with Crippen LogP contribution in [0.25, 0.3) is 10.8 Å². The summed E-state index contributed by atoms with van der Waals surface area (Å²) in [5.74, 6) is 0.109. The highest BCUT2D eigenvalue weighted by atomic mass is 32.1. The van der Waals surface area contributed by atoms with Crippen LogP contribution in [-0.4, -0.2) is 35.9 Å². The first-order valence-corrected chi connectivity index (χ1v) is 9.90. The number of amides is 1. The van der Waals surface area contributed by atoms with Gasteiger partial charge in [-0.05, 0) is 31.8 Å². The molecule has 1 aromatic heterocycles. The molecule has 0 unspecified atom stereocenters. The van der Waals surface area contributed by atoms with Gasteiger partial charge < -0.3 is 4.90 Å². The van der Waals surface area contributed by atoms with Gasteiger partial charge in [0.2, 0.25) is 5.91 Å². The monoisotopic (exact) mass is 367 g/mol. The number of likely N-dealkylation sites (N-methyl/N-ethyl adjacent to an activating group) is 2. The molecule has 0 radical (unpaired) electrons. The van der Waals surface area contributed by atoms with Crippen molar-refractivity contribution in [2.24, 2.45) is 0 Å². The molecule has 0 saturated heterocycles. The lowest BCUT2D eigenvalue weighted by Gasteiger charge is -2.25. The first-order valence-electron chi connectivity index (χ1n) is 9.02. The Morgan fingerprint density at radius 3 is 2.62 bits per heavy atom. The molecule has 0 saturated carbocycles. The number of carbonyl (C=O) groups is 1. The van der Waals surface area contributed by atoms with E-state index in [-0.39, 0.29) is 5.91 Å². The number of aryl methyl sites for hydroxylation is 1. The van der Waals surface area contributed by atoms with Gasteiger partial charge in [0.15, 0.2) is 0 Å². The molecular weight excluding hydrogens is 342 g/mol. The molecule has 3 rings (SSSR count). The second kappa shape index (κ2) is 8.43. The maximum absolute atomic E-state index is 12.9. The van der Waals surface area contributed by atoms with E-state index in [9.17, 15) is 4.79 Å². The largest absolute Gasteiger partial charge is 0.311 e. The maximum Gasteiger partial charge on any atom is 0.241 e. The Balaban J connectivity index is 1.74. The Morgan fingerprint density at radius 1 is 1.12 bits per heavy atom. The van der Waals surface area contributed by atoms with Crippen LogP contribution in [0.3, 0.4) is 0 Å². The molecule has 26 heavy (non-hydrogen) atoms. The van der Waals surface area contributed by atoms with Crippen LogP contribution in [0.15, 0.2) is 47.8 Å². The number of hydrogen-bond acceptors (Lipinski definition) is 4. The minimum absolute atomic E-state index is 0.109. The summed E-state index contributed by atoms with van der Waals surface area (Å²) in [6, 6.07) is 14.3. The number of thiazole rings is 1. The van der Waals surface area contributed by atoms with Gasteiger partial charge >= 0.3 is 0 Å². The zero-order valence-electron chi connectivity index (χ0n) is 15.6. The van der Waals surface area contributed by atoms with Crippen molar-refractivity contribution in [2.75, 3.05) is 25.0 Å². The lowest BCUT2D eigenvalue weighted by atomic mass is 10.1. The summed E-state index contributed by atoms with van der Waals surface area (Å²) >= 11 is 1.69. The zero-order valence-corrected chi connectivity index (χ0v) is 16.4. The Morgan fingerprint density at radius 2 is 1.88 bits per heavy atom. The number of carbonyl (C=O) groups excluding carboxylic acids is 1. The average molecular weight is 368 g/mol. The molecule has 136 valence electrons. The summed E-state index contributed by atoms with van der Waals surface area (Å²) in [4.78, 5) is 21.4. The van der Waals surface area contributed by atoms with Crippen LogP contribution in [0, 0.1) is 0 Å². The van der Waals surface area contributed by atoms with E-state index in [1.54, 1.807) is 11.3 Å². The summed E-state index contributed by atoms with van der Waals surface area (Å²) in [7, 11) is 1.97. The molecule has 3 aromatic rings. The second-order valence-corrected chi connectivity index (χ2v) is 7.34. The number of benzene rings is 2. The van der Waals surface area contributed by atoms with Crippen LogP contribution < -0.4 is 4.90 Å². The first-order chi connectivity index (χ1) is 12.6. The van der Waals surface area contributed by atoms with E-state index < -0.39 is 0 Å². The molecule has 0 bridgehead atoms. The van der Waals surface area contributed by atoms with Gasteiger partial charge in [-0.15, -0.1) is 11.3 Å². The lowest BCUT2D eigenvalue weighted by Crippen LogP contribution is -2.39. The fourth-order valence-corrected chi connectivity index (χ4v) is 3.89. The molecule has 0 aliphatic heterocycles. The number of nitrogens with zero attached hydrogens (tertiary/aromatic N) is 3. The zero-order chi connectivity index (χ0) is 18.5. The van der Waals surface area contributed by atoms with E-state index >= 15 is 0 Å². The molecular formula is C21H25N3OS. The Labute approximate surface area is 159 Å². The van der Waals surface area contributed by atoms with Gasteiger partial charge in [0.1, 0.15) is 0 Å². The van der Waals surface area contributed by atoms with Crippen LogP contribution in [0.4, 0.5) is 5.69 Å². The summed E-state index contributed by atoms with van der Waals surface area (Å²) < 4.78 is 0. The molecule has 0 aliphatic rings. The number of rotatable bonds is 7. The Kier molecular flexibility index (Phi) is 6.01. The Bertz CT molecular complexity index is 884. The highest BCUT2D eigenvalue weighted by Crippen LogP contribution is 2.26. The van der Waals surface area contributed by atoms with Crippen molar-refractivity contribution in [3.63, 3.8) is 0 Å². The highest BCUT2D eigenvalue weighted by molar-refractivity contribution is 7.09. The van der Waals surface area contributed by atoms with Crippen molar-refractivity contribution < 1.29 is 4.79 Å². The van der Waals surface area contributed by atoms with Crippen molar-refractivity contribution in [1.29, 1.82) is 0 Å². The molecule has 2 aromatic carbocycles. The van der Waals surface area contributed by atoms with E-state index in [4.69, 9.17) is 0 Å². The van der Waals surface area contributed by atoms with Gasteiger partial charge in [-0.25, -0.2) is 4.98 Å². The molecule has 5 heteroatoms. The third-order valence-corrected chi connectivity index (χ3v) is 5.46. The molecule has 1 heterocycles. The Hall–Kier alpha value is -2.24. The fraction of sp³-hybridized carbons (Fsp3) is 0.333. The molecule has 4 nitrogen and oxygen atoms in total.